The molecule has 1 aromatic carbocycles. The van der Waals surface area contributed by atoms with E-state index in [9.17, 15) is 15.0 Å². The summed E-state index contributed by atoms with van der Waals surface area (Å²) in [6.07, 6.45) is 0. The molecule has 104 valence electrons. The van der Waals surface area contributed by atoms with E-state index in [1.165, 1.54) is 0 Å². The van der Waals surface area contributed by atoms with Crippen molar-refractivity contribution in [3.8, 4) is 17.0 Å². The van der Waals surface area contributed by atoms with Gasteiger partial charge in [-0.3, -0.25) is 0 Å². The number of aromatic nitrogens is 1. The monoisotopic (exact) mass is 272 g/mol. The Morgan fingerprint density at radius 1 is 1.25 bits per heavy atom. The second-order valence-corrected chi connectivity index (χ2v) is 4.62. The van der Waals surface area contributed by atoms with Gasteiger partial charge in [0.05, 0.1) is 11.3 Å². The van der Waals surface area contributed by atoms with Crippen molar-refractivity contribution in [2.24, 2.45) is 5.73 Å². The number of nitrogens with two attached hydrogens (primary N) is 1. The molecule has 0 unspecified atom stereocenters. The third kappa shape index (κ3) is 2.35. The first-order valence-corrected chi connectivity index (χ1v) is 6.18. The summed E-state index contributed by atoms with van der Waals surface area (Å²) in [5.41, 5.74) is 8.53. The lowest BCUT2D eigenvalue weighted by atomic mass is 9.93. The number of carboxylic acids is 1. The molecule has 2 rings (SSSR count). The number of aromatic hydroxyl groups is 1. The van der Waals surface area contributed by atoms with E-state index in [4.69, 9.17) is 5.73 Å². The van der Waals surface area contributed by atoms with Gasteiger partial charge in [0.2, 0.25) is 5.88 Å². The standard InChI is InChI=1S/C15H16N2O3/c1-8-3-5-10(6-4-8)13-11(7-16)14(18)17-9(2)12(13)15(19)20/h3-6H,7,16H2,1-2H3,(H,17,18)(H,19,20). The van der Waals surface area contributed by atoms with Crippen molar-refractivity contribution in [1.82, 2.24) is 4.98 Å². The lowest BCUT2D eigenvalue weighted by molar-refractivity contribution is 0.0696. The fourth-order valence-electron chi connectivity index (χ4n) is 2.22. The van der Waals surface area contributed by atoms with E-state index in [-0.39, 0.29) is 23.7 Å². The largest absolute Gasteiger partial charge is 0.493 e. The highest BCUT2D eigenvalue weighted by molar-refractivity contribution is 5.98. The van der Waals surface area contributed by atoms with Gasteiger partial charge in [-0.15, -0.1) is 0 Å². The topological polar surface area (TPSA) is 96.4 Å². The summed E-state index contributed by atoms with van der Waals surface area (Å²) in [6, 6.07) is 7.40. The number of carboxylic acid groups (broad SMARTS) is 1. The summed E-state index contributed by atoms with van der Waals surface area (Å²) < 4.78 is 0. The smallest absolute Gasteiger partial charge is 0.338 e. The van der Waals surface area contributed by atoms with E-state index in [1.54, 1.807) is 6.92 Å². The zero-order valence-electron chi connectivity index (χ0n) is 11.3. The van der Waals surface area contributed by atoms with Crippen LogP contribution >= 0.6 is 0 Å². The summed E-state index contributed by atoms with van der Waals surface area (Å²) >= 11 is 0. The maximum Gasteiger partial charge on any atom is 0.338 e. The second-order valence-electron chi connectivity index (χ2n) is 4.62. The first-order chi connectivity index (χ1) is 9.45. The van der Waals surface area contributed by atoms with Gasteiger partial charge in [-0.05, 0) is 19.4 Å². The zero-order chi connectivity index (χ0) is 14.9. The minimum absolute atomic E-state index is 0.0165. The molecule has 20 heavy (non-hydrogen) atoms. The van der Waals surface area contributed by atoms with Crippen LogP contribution in [0.1, 0.15) is 27.2 Å². The quantitative estimate of drug-likeness (QED) is 0.796. The Balaban J connectivity index is 2.83. The number of hydrogen-bond acceptors (Lipinski definition) is 4. The summed E-state index contributed by atoms with van der Waals surface area (Å²) in [6.45, 7) is 3.52. The van der Waals surface area contributed by atoms with Crippen LogP contribution in [0.25, 0.3) is 11.1 Å². The van der Waals surface area contributed by atoms with Crippen LogP contribution < -0.4 is 5.73 Å². The number of aromatic carboxylic acids is 1. The number of aryl methyl sites for hydroxylation is 2. The van der Waals surface area contributed by atoms with E-state index in [2.05, 4.69) is 4.98 Å². The van der Waals surface area contributed by atoms with Crippen LogP contribution in [0.5, 0.6) is 5.88 Å². The van der Waals surface area contributed by atoms with Crippen molar-refractivity contribution >= 4 is 5.97 Å². The molecular formula is C15H16N2O3. The first-order valence-electron chi connectivity index (χ1n) is 6.18. The lowest BCUT2D eigenvalue weighted by Gasteiger charge is -2.15. The minimum Gasteiger partial charge on any atom is -0.493 e. The summed E-state index contributed by atoms with van der Waals surface area (Å²) in [5, 5.41) is 19.3. The van der Waals surface area contributed by atoms with Crippen molar-refractivity contribution in [1.29, 1.82) is 0 Å². The van der Waals surface area contributed by atoms with Crippen LogP contribution in [0.4, 0.5) is 0 Å². The number of benzene rings is 1. The third-order valence-electron chi connectivity index (χ3n) is 3.22. The molecule has 0 fully saturated rings. The number of hydrogen-bond donors (Lipinski definition) is 3. The van der Waals surface area contributed by atoms with Gasteiger partial charge in [0, 0.05) is 17.7 Å². The van der Waals surface area contributed by atoms with E-state index >= 15 is 0 Å². The molecule has 0 atom stereocenters. The number of carbonyl (C=O) groups is 1. The van der Waals surface area contributed by atoms with Crippen LogP contribution in [0.15, 0.2) is 24.3 Å². The molecule has 1 heterocycles. The van der Waals surface area contributed by atoms with Crippen LogP contribution in [0, 0.1) is 13.8 Å². The first kappa shape index (κ1) is 14.0. The van der Waals surface area contributed by atoms with E-state index in [0.29, 0.717) is 16.7 Å². The van der Waals surface area contributed by atoms with Crippen LogP contribution in [0.2, 0.25) is 0 Å². The van der Waals surface area contributed by atoms with E-state index in [1.807, 2.05) is 31.2 Å². The van der Waals surface area contributed by atoms with Gasteiger partial charge in [0.1, 0.15) is 0 Å². The molecule has 0 radical (unpaired) electrons. The highest BCUT2D eigenvalue weighted by Crippen LogP contribution is 2.33. The molecule has 0 aliphatic carbocycles. The Morgan fingerprint density at radius 3 is 2.35 bits per heavy atom. The predicted octanol–water partition coefficient (Wildman–Crippen LogP) is 2.23. The maximum absolute atomic E-state index is 11.5. The molecule has 0 aliphatic heterocycles. The van der Waals surface area contributed by atoms with Crippen LogP contribution in [0.3, 0.4) is 0 Å². The van der Waals surface area contributed by atoms with Crippen molar-refractivity contribution in [3.63, 3.8) is 0 Å². The van der Waals surface area contributed by atoms with Gasteiger partial charge in [0.15, 0.2) is 0 Å². The number of pyridine rings is 1. The molecule has 0 spiro atoms. The Kier molecular flexibility index (Phi) is 3.72. The molecule has 0 saturated carbocycles. The highest BCUT2D eigenvalue weighted by atomic mass is 16.4. The fourth-order valence-corrected chi connectivity index (χ4v) is 2.22. The normalized spacial score (nSPS) is 10.6. The Bertz CT molecular complexity index is 664. The van der Waals surface area contributed by atoms with Crippen LogP contribution in [-0.2, 0) is 6.54 Å². The van der Waals surface area contributed by atoms with Gasteiger partial charge in [-0.25, -0.2) is 9.78 Å². The summed E-state index contributed by atoms with van der Waals surface area (Å²) in [5.74, 6) is -1.30. The maximum atomic E-state index is 11.5. The van der Waals surface area contributed by atoms with E-state index in [0.717, 1.165) is 5.56 Å². The zero-order valence-corrected chi connectivity index (χ0v) is 11.3. The molecule has 1 aromatic heterocycles. The molecule has 4 N–H and O–H groups in total. The Labute approximate surface area is 116 Å². The van der Waals surface area contributed by atoms with Gasteiger partial charge < -0.3 is 15.9 Å². The molecule has 0 saturated heterocycles. The third-order valence-corrected chi connectivity index (χ3v) is 3.22. The SMILES string of the molecule is Cc1ccc(-c2c(CN)c(O)nc(C)c2C(=O)O)cc1. The molecule has 0 amide bonds. The van der Waals surface area contributed by atoms with Gasteiger partial charge >= 0.3 is 5.97 Å². The van der Waals surface area contributed by atoms with Crippen molar-refractivity contribution in [3.05, 3.63) is 46.6 Å². The molecular weight excluding hydrogens is 256 g/mol. The van der Waals surface area contributed by atoms with E-state index < -0.39 is 5.97 Å². The van der Waals surface area contributed by atoms with Crippen molar-refractivity contribution in [2.45, 2.75) is 20.4 Å². The molecule has 0 aliphatic rings. The second kappa shape index (κ2) is 5.30. The molecule has 0 bridgehead atoms. The molecule has 5 nitrogen and oxygen atoms in total. The minimum atomic E-state index is -1.08. The summed E-state index contributed by atoms with van der Waals surface area (Å²) in [7, 11) is 0. The van der Waals surface area contributed by atoms with Crippen LogP contribution in [-0.4, -0.2) is 21.2 Å². The highest BCUT2D eigenvalue weighted by Gasteiger charge is 2.22. The lowest BCUT2D eigenvalue weighted by Crippen LogP contribution is -2.10. The molecule has 5 heteroatoms. The van der Waals surface area contributed by atoms with Crippen molar-refractivity contribution in [2.75, 3.05) is 0 Å². The average molecular weight is 272 g/mol. The number of rotatable bonds is 3. The van der Waals surface area contributed by atoms with Gasteiger partial charge in [0.25, 0.3) is 0 Å². The molecule has 2 aromatic rings. The summed E-state index contributed by atoms with van der Waals surface area (Å²) in [4.78, 5) is 15.4. The number of nitrogens with zero attached hydrogens (tertiary/aromatic N) is 1. The average Bonchev–Trinajstić information content (AvgIpc) is 2.38. The van der Waals surface area contributed by atoms with Gasteiger partial charge in [-0.2, -0.15) is 0 Å². The predicted molar refractivity (Wildman–Crippen MR) is 75.7 cm³/mol. The fraction of sp³-hybridized carbons (Fsp3) is 0.200. The Hall–Kier alpha value is -2.40. The van der Waals surface area contributed by atoms with Gasteiger partial charge in [-0.1, -0.05) is 29.8 Å². The van der Waals surface area contributed by atoms with Crippen molar-refractivity contribution < 1.29 is 15.0 Å². The Morgan fingerprint density at radius 2 is 1.85 bits per heavy atom.